The monoisotopic (exact) mass is 323 g/mol. The zero-order valence-electron chi connectivity index (χ0n) is 11.4. The molecule has 2 rings (SSSR count). The van der Waals surface area contributed by atoms with Crippen molar-refractivity contribution >= 4 is 15.9 Å². The van der Waals surface area contributed by atoms with E-state index in [1.54, 1.807) is 0 Å². The summed E-state index contributed by atoms with van der Waals surface area (Å²) in [4.78, 5) is 0. The number of aryl methyl sites for hydroxylation is 2. The van der Waals surface area contributed by atoms with Crippen LogP contribution in [0, 0.1) is 6.92 Å². The van der Waals surface area contributed by atoms with E-state index < -0.39 is 0 Å². The van der Waals surface area contributed by atoms with E-state index in [9.17, 15) is 0 Å². The van der Waals surface area contributed by atoms with Gasteiger partial charge in [0.05, 0.1) is 15.9 Å². The Hall–Kier alpha value is -1.33. The van der Waals surface area contributed by atoms with Gasteiger partial charge in [-0.15, -0.1) is 0 Å². The highest BCUT2D eigenvalue weighted by Crippen LogP contribution is 2.26. The van der Waals surface area contributed by atoms with Crippen LogP contribution in [0.5, 0.6) is 5.75 Å². The summed E-state index contributed by atoms with van der Waals surface area (Å²) in [6.45, 7) is 4.37. The molecule has 0 aliphatic heterocycles. The van der Waals surface area contributed by atoms with Gasteiger partial charge in [-0.2, -0.15) is 5.10 Å². The van der Waals surface area contributed by atoms with Crippen LogP contribution in [0.25, 0.3) is 0 Å². The van der Waals surface area contributed by atoms with Crippen molar-refractivity contribution in [1.82, 2.24) is 9.78 Å². The Bertz CT molecular complexity index is 578. The second-order valence-corrected chi connectivity index (χ2v) is 5.38. The fraction of sp³-hybridized carbons (Fsp3) is 0.357. The summed E-state index contributed by atoms with van der Waals surface area (Å²) in [6.07, 6.45) is 0. The number of hydrogen-bond donors (Lipinski definition) is 1. The number of aromatic nitrogens is 2. The lowest BCUT2D eigenvalue weighted by atomic mass is 10.1. The number of nitrogens with two attached hydrogens (primary N) is 1. The van der Waals surface area contributed by atoms with Crippen molar-refractivity contribution in [3.8, 4) is 5.75 Å². The van der Waals surface area contributed by atoms with Gasteiger partial charge in [-0.25, -0.2) is 0 Å². The van der Waals surface area contributed by atoms with Crippen LogP contribution in [0.15, 0.2) is 28.7 Å². The van der Waals surface area contributed by atoms with Gasteiger partial charge in [-0.1, -0.05) is 18.2 Å². The Balaban J connectivity index is 2.19. The minimum absolute atomic E-state index is 0.0482. The molecule has 1 aromatic heterocycles. The molecule has 1 atom stereocenters. The van der Waals surface area contributed by atoms with Crippen LogP contribution in [0.4, 0.5) is 0 Å². The third-order valence-corrected chi connectivity index (χ3v) is 4.07. The first-order valence-corrected chi connectivity index (χ1v) is 6.95. The third-order valence-electron chi connectivity index (χ3n) is 3.04. The Morgan fingerprint density at radius 3 is 2.68 bits per heavy atom. The maximum Gasteiger partial charge on any atom is 0.131 e. The molecule has 0 saturated heterocycles. The Labute approximate surface area is 121 Å². The molecular formula is C14H18BrN3O. The Kier molecular flexibility index (Phi) is 4.27. The first-order valence-electron chi connectivity index (χ1n) is 6.16. The maximum atomic E-state index is 5.94. The molecule has 0 spiro atoms. The average Bonchev–Trinajstić information content (AvgIpc) is 2.61. The maximum absolute atomic E-state index is 5.94. The van der Waals surface area contributed by atoms with Gasteiger partial charge in [0.15, 0.2) is 0 Å². The first kappa shape index (κ1) is 14.1. The number of rotatable bonds is 4. The van der Waals surface area contributed by atoms with Gasteiger partial charge in [0.2, 0.25) is 0 Å². The standard InChI is InChI=1S/C14H18BrN3O/c1-9(16)11-6-4-5-7-13(11)19-8-12-14(15)10(2)17-18(12)3/h4-7,9H,8,16H2,1-3H3. The quantitative estimate of drug-likeness (QED) is 0.940. The largest absolute Gasteiger partial charge is 0.487 e. The lowest BCUT2D eigenvalue weighted by molar-refractivity contribution is 0.290. The van der Waals surface area contributed by atoms with Crippen LogP contribution in [-0.4, -0.2) is 9.78 Å². The minimum Gasteiger partial charge on any atom is -0.487 e. The number of para-hydroxylation sites is 1. The lowest BCUT2D eigenvalue weighted by Gasteiger charge is -2.14. The van der Waals surface area contributed by atoms with Gasteiger partial charge in [0.1, 0.15) is 12.4 Å². The van der Waals surface area contributed by atoms with Crippen molar-refractivity contribution in [2.75, 3.05) is 0 Å². The highest BCUT2D eigenvalue weighted by molar-refractivity contribution is 9.10. The van der Waals surface area contributed by atoms with Crippen molar-refractivity contribution < 1.29 is 4.74 Å². The van der Waals surface area contributed by atoms with Crippen molar-refractivity contribution in [1.29, 1.82) is 0 Å². The zero-order chi connectivity index (χ0) is 14.0. The van der Waals surface area contributed by atoms with Crippen LogP contribution in [-0.2, 0) is 13.7 Å². The molecule has 0 aliphatic carbocycles. The molecule has 1 unspecified atom stereocenters. The van der Waals surface area contributed by atoms with Gasteiger partial charge in [0, 0.05) is 18.7 Å². The van der Waals surface area contributed by atoms with E-state index in [1.807, 2.05) is 49.8 Å². The van der Waals surface area contributed by atoms with Crippen molar-refractivity contribution in [2.24, 2.45) is 12.8 Å². The topological polar surface area (TPSA) is 53.1 Å². The highest BCUT2D eigenvalue weighted by Gasteiger charge is 2.13. The molecule has 1 heterocycles. The molecule has 0 saturated carbocycles. The van der Waals surface area contributed by atoms with Crippen LogP contribution in [0.3, 0.4) is 0 Å². The van der Waals surface area contributed by atoms with Gasteiger partial charge < -0.3 is 10.5 Å². The van der Waals surface area contributed by atoms with Crippen LogP contribution in [0.1, 0.15) is 29.9 Å². The molecule has 19 heavy (non-hydrogen) atoms. The number of nitrogens with zero attached hydrogens (tertiary/aromatic N) is 2. The van der Waals surface area contributed by atoms with E-state index in [1.165, 1.54) is 0 Å². The van der Waals surface area contributed by atoms with Crippen LogP contribution < -0.4 is 10.5 Å². The van der Waals surface area contributed by atoms with Gasteiger partial charge in [0.25, 0.3) is 0 Å². The molecule has 2 aromatic rings. The van der Waals surface area contributed by atoms with E-state index >= 15 is 0 Å². The predicted molar refractivity (Wildman–Crippen MR) is 79.0 cm³/mol. The third kappa shape index (κ3) is 2.98. The minimum atomic E-state index is -0.0482. The predicted octanol–water partition coefficient (Wildman–Crippen LogP) is 3.09. The summed E-state index contributed by atoms with van der Waals surface area (Å²) >= 11 is 3.53. The molecule has 4 nitrogen and oxygen atoms in total. The second-order valence-electron chi connectivity index (χ2n) is 4.58. The second kappa shape index (κ2) is 5.75. The summed E-state index contributed by atoms with van der Waals surface area (Å²) in [5, 5.41) is 4.35. The molecule has 1 aromatic carbocycles. The SMILES string of the molecule is Cc1nn(C)c(COc2ccccc2C(C)N)c1Br. The van der Waals surface area contributed by atoms with Gasteiger partial charge in [-0.05, 0) is 35.8 Å². The van der Waals surface area contributed by atoms with E-state index in [4.69, 9.17) is 10.5 Å². The van der Waals surface area contributed by atoms with Crippen LogP contribution >= 0.6 is 15.9 Å². The summed E-state index contributed by atoms with van der Waals surface area (Å²) in [5.74, 6) is 0.822. The lowest BCUT2D eigenvalue weighted by Crippen LogP contribution is -2.09. The molecule has 0 radical (unpaired) electrons. The van der Waals surface area contributed by atoms with Crippen molar-refractivity contribution in [3.63, 3.8) is 0 Å². The van der Waals surface area contributed by atoms with Crippen LogP contribution in [0.2, 0.25) is 0 Å². The van der Waals surface area contributed by atoms with E-state index in [0.29, 0.717) is 6.61 Å². The number of ether oxygens (including phenoxy) is 1. The molecule has 0 fully saturated rings. The molecule has 5 heteroatoms. The smallest absolute Gasteiger partial charge is 0.131 e. The summed E-state index contributed by atoms with van der Waals surface area (Å²) in [7, 11) is 1.91. The Morgan fingerprint density at radius 2 is 2.11 bits per heavy atom. The van der Waals surface area contributed by atoms with Crippen molar-refractivity contribution in [3.05, 3.63) is 45.7 Å². The van der Waals surface area contributed by atoms with Gasteiger partial charge in [-0.3, -0.25) is 4.68 Å². The number of benzene rings is 1. The molecule has 0 aliphatic rings. The summed E-state index contributed by atoms with van der Waals surface area (Å²) in [5.41, 5.74) is 8.92. The number of hydrogen-bond acceptors (Lipinski definition) is 3. The highest BCUT2D eigenvalue weighted by atomic mass is 79.9. The van der Waals surface area contributed by atoms with E-state index in [-0.39, 0.29) is 6.04 Å². The summed E-state index contributed by atoms with van der Waals surface area (Å²) < 4.78 is 8.71. The normalized spacial score (nSPS) is 12.5. The number of halogens is 1. The van der Waals surface area contributed by atoms with Gasteiger partial charge >= 0.3 is 0 Å². The molecular weight excluding hydrogens is 306 g/mol. The summed E-state index contributed by atoms with van der Waals surface area (Å²) in [6, 6.07) is 7.80. The zero-order valence-corrected chi connectivity index (χ0v) is 12.9. The van der Waals surface area contributed by atoms with E-state index in [0.717, 1.165) is 27.2 Å². The molecule has 0 amide bonds. The Morgan fingerprint density at radius 1 is 1.42 bits per heavy atom. The first-order chi connectivity index (χ1) is 9.00. The fourth-order valence-electron chi connectivity index (χ4n) is 1.97. The fourth-order valence-corrected chi connectivity index (χ4v) is 2.42. The van der Waals surface area contributed by atoms with Crippen molar-refractivity contribution in [2.45, 2.75) is 26.5 Å². The molecule has 102 valence electrons. The average molecular weight is 324 g/mol. The molecule has 0 bridgehead atoms. The van der Waals surface area contributed by atoms with E-state index in [2.05, 4.69) is 21.0 Å². The molecule has 2 N–H and O–H groups in total.